The van der Waals surface area contributed by atoms with Crippen LogP contribution in [0.15, 0.2) is 47.4 Å². The monoisotopic (exact) mass is 420 g/mol. The number of aliphatic hydroxyl groups excluding tert-OH is 4. The Morgan fingerprint density at radius 3 is 2.46 bits per heavy atom. The van der Waals surface area contributed by atoms with Gasteiger partial charge in [0.2, 0.25) is 0 Å². The Morgan fingerprint density at radius 1 is 1.07 bits per heavy atom. The van der Waals surface area contributed by atoms with Crippen LogP contribution in [0.5, 0.6) is 0 Å². The zero-order valence-electron chi connectivity index (χ0n) is 15.5. The van der Waals surface area contributed by atoms with E-state index in [1.165, 1.54) is 22.2 Å². The smallest absolute Gasteiger partial charge is 0.168 e. The van der Waals surface area contributed by atoms with Gasteiger partial charge in [-0.25, -0.2) is 0 Å². The minimum absolute atomic E-state index is 0.308. The second-order valence-electron chi connectivity index (χ2n) is 7.24. The van der Waals surface area contributed by atoms with E-state index in [9.17, 15) is 20.4 Å². The van der Waals surface area contributed by atoms with Crippen molar-refractivity contribution in [2.45, 2.75) is 46.4 Å². The lowest BCUT2D eigenvalue weighted by Gasteiger charge is -2.45. The second-order valence-corrected chi connectivity index (χ2v) is 9.56. The molecule has 1 fully saturated rings. The maximum atomic E-state index is 10.8. The van der Waals surface area contributed by atoms with E-state index in [1.54, 1.807) is 11.8 Å². The average molecular weight is 421 g/mol. The summed E-state index contributed by atoms with van der Waals surface area (Å²) in [4.78, 5) is 0.0366. The maximum Gasteiger partial charge on any atom is 0.168 e. The van der Waals surface area contributed by atoms with Crippen LogP contribution in [-0.2, 0) is 22.7 Å². The fraction of sp³-hybridized carbons (Fsp3) is 0.429. The maximum absolute atomic E-state index is 10.8. The molecule has 28 heavy (non-hydrogen) atoms. The third kappa shape index (κ3) is 3.39. The van der Waals surface area contributed by atoms with Gasteiger partial charge in [0.1, 0.15) is 12.2 Å². The largest absolute Gasteiger partial charge is 0.395 e. The highest BCUT2D eigenvalue weighted by Gasteiger charge is 2.57. The summed E-state index contributed by atoms with van der Waals surface area (Å²) in [5.74, 6) is 0. The van der Waals surface area contributed by atoms with Gasteiger partial charge in [0.15, 0.2) is 4.93 Å². The minimum Gasteiger partial charge on any atom is -0.395 e. The molecule has 2 aromatic carbocycles. The predicted molar refractivity (Wildman–Crippen MR) is 110 cm³/mol. The fourth-order valence-corrected chi connectivity index (χ4v) is 5.86. The van der Waals surface area contributed by atoms with Gasteiger partial charge in [0, 0.05) is 10.5 Å². The molecule has 0 radical (unpaired) electrons. The lowest BCUT2D eigenvalue weighted by molar-refractivity contribution is -0.147. The minimum atomic E-state index is -1.38. The Morgan fingerprint density at radius 2 is 1.79 bits per heavy atom. The number of hydrogen-bond acceptors (Lipinski definition) is 7. The second kappa shape index (κ2) is 7.99. The summed E-state index contributed by atoms with van der Waals surface area (Å²) in [6.07, 6.45) is -1.08. The van der Waals surface area contributed by atoms with Gasteiger partial charge >= 0.3 is 0 Å². The molecule has 1 spiro atoms. The van der Waals surface area contributed by atoms with Crippen molar-refractivity contribution in [3.63, 3.8) is 0 Å². The normalized spacial score (nSPS) is 31.9. The van der Waals surface area contributed by atoms with Gasteiger partial charge in [-0.2, -0.15) is 0 Å². The van der Waals surface area contributed by atoms with Crippen LogP contribution >= 0.6 is 23.5 Å². The van der Waals surface area contributed by atoms with Crippen molar-refractivity contribution in [3.8, 4) is 0 Å². The molecule has 1 saturated heterocycles. The molecular weight excluding hydrogens is 396 g/mol. The number of rotatable bonds is 4. The van der Waals surface area contributed by atoms with Gasteiger partial charge in [-0.1, -0.05) is 30.3 Å². The lowest BCUT2D eigenvalue weighted by atomic mass is 9.91. The number of hydrogen-bond donors (Lipinski definition) is 4. The fourth-order valence-electron chi connectivity index (χ4n) is 3.91. The highest BCUT2D eigenvalue weighted by Crippen LogP contribution is 2.54. The first-order chi connectivity index (χ1) is 13.5. The van der Waals surface area contributed by atoms with Crippen LogP contribution in [0.4, 0.5) is 0 Å². The molecule has 2 heterocycles. The van der Waals surface area contributed by atoms with Crippen molar-refractivity contribution in [1.29, 1.82) is 0 Å². The zero-order chi connectivity index (χ0) is 19.9. The average Bonchev–Trinajstić information content (AvgIpc) is 3.08. The molecule has 5 atom stereocenters. The van der Waals surface area contributed by atoms with E-state index in [1.807, 2.05) is 18.4 Å². The summed E-state index contributed by atoms with van der Waals surface area (Å²) in [6.45, 7) is 0.0145. The first-order valence-corrected chi connectivity index (χ1v) is 11.3. The molecular formula is C21H24O5S2. The Hall–Kier alpha value is -1.06. The SMILES string of the molecule is CSc1ccc(Cc2ccc3c(c2)[C@]2(OC3)S[C@H](CO)[C@@H](O)[C@H](O)[C@H]2O)cc1. The van der Waals surface area contributed by atoms with E-state index in [2.05, 4.69) is 30.3 Å². The molecule has 0 aliphatic carbocycles. The molecule has 150 valence electrons. The van der Waals surface area contributed by atoms with Crippen molar-refractivity contribution in [2.75, 3.05) is 12.9 Å². The molecule has 2 aliphatic rings. The molecule has 0 unspecified atom stereocenters. The van der Waals surface area contributed by atoms with Crippen LogP contribution in [0.2, 0.25) is 0 Å². The summed E-state index contributed by atoms with van der Waals surface area (Å²) in [7, 11) is 0. The van der Waals surface area contributed by atoms with E-state index in [0.29, 0.717) is 6.61 Å². The predicted octanol–water partition coefficient (Wildman–Crippen LogP) is 1.87. The number of ether oxygens (including phenoxy) is 1. The van der Waals surface area contributed by atoms with Crippen molar-refractivity contribution in [2.24, 2.45) is 0 Å². The highest BCUT2D eigenvalue weighted by atomic mass is 32.2. The summed E-state index contributed by atoms with van der Waals surface area (Å²) >= 11 is 2.89. The quantitative estimate of drug-likeness (QED) is 0.562. The standard InChI is InChI=1S/C21H24O5S2/c1-27-15-6-3-12(4-7-15)8-13-2-5-14-11-26-21(16(14)9-13)20(25)19(24)18(23)17(10-22)28-21/h2-7,9,17-20,22-25H,8,10-11H2,1H3/t17-,18-,19+,20-,21+/m1/s1. The summed E-state index contributed by atoms with van der Waals surface area (Å²) in [6, 6.07) is 14.5. The number of aliphatic hydroxyl groups is 4. The van der Waals surface area contributed by atoms with Gasteiger partial charge in [0.25, 0.3) is 0 Å². The van der Waals surface area contributed by atoms with Crippen molar-refractivity contribution in [3.05, 3.63) is 64.7 Å². The lowest BCUT2D eigenvalue weighted by Crippen LogP contribution is -2.58. The molecule has 0 aromatic heterocycles. The zero-order valence-corrected chi connectivity index (χ0v) is 17.1. The summed E-state index contributed by atoms with van der Waals surface area (Å²) in [5, 5.41) is 40.2. The van der Waals surface area contributed by atoms with Gasteiger partial charge in [0.05, 0.1) is 24.6 Å². The Labute approximate surface area is 172 Å². The highest BCUT2D eigenvalue weighted by molar-refractivity contribution is 8.00. The molecule has 7 heteroatoms. The third-order valence-electron chi connectivity index (χ3n) is 5.51. The van der Waals surface area contributed by atoms with Crippen molar-refractivity contribution in [1.82, 2.24) is 0 Å². The third-order valence-corrected chi connectivity index (χ3v) is 7.91. The molecule has 4 rings (SSSR count). The molecule has 5 nitrogen and oxygen atoms in total. The van der Waals surface area contributed by atoms with Crippen molar-refractivity contribution < 1.29 is 25.2 Å². The van der Waals surface area contributed by atoms with Crippen molar-refractivity contribution >= 4 is 23.5 Å². The molecule has 2 aliphatic heterocycles. The van der Waals surface area contributed by atoms with E-state index >= 15 is 0 Å². The van der Waals surface area contributed by atoms with Gasteiger partial charge in [-0.05, 0) is 41.5 Å². The Balaban J connectivity index is 1.66. The molecule has 0 saturated carbocycles. The van der Waals surface area contributed by atoms with Gasteiger partial charge < -0.3 is 25.2 Å². The van der Waals surface area contributed by atoms with E-state index in [0.717, 1.165) is 23.1 Å². The van der Waals surface area contributed by atoms with Gasteiger partial charge in [-0.3, -0.25) is 0 Å². The molecule has 4 N–H and O–H groups in total. The number of thioether (sulfide) groups is 2. The topological polar surface area (TPSA) is 90.2 Å². The Kier molecular flexibility index (Phi) is 5.77. The molecule has 2 aromatic rings. The van der Waals surface area contributed by atoms with Crippen LogP contribution in [-0.4, -0.2) is 56.9 Å². The molecule has 0 amide bonds. The molecule has 0 bridgehead atoms. The van der Waals surface area contributed by atoms with Crippen LogP contribution in [0.1, 0.15) is 22.3 Å². The van der Waals surface area contributed by atoms with E-state index in [4.69, 9.17) is 4.74 Å². The van der Waals surface area contributed by atoms with Crippen LogP contribution in [0, 0.1) is 0 Å². The number of fused-ring (bicyclic) bond motifs is 2. The first kappa shape index (κ1) is 20.2. The van der Waals surface area contributed by atoms with Crippen LogP contribution in [0.3, 0.4) is 0 Å². The van der Waals surface area contributed by atoms with E-state index < -0.39 is 28.5 Å². The first-order valence-electron chi connectivity index (χ1n) is 9.20. The summed E-state index contributed by atoms with van der Waals surface area (Å²) < 4.78 is 5.98. The summed E-state index contributed by atoms with van der Waals surface area (Å²) in [5.41, 5.74) is 4.03. The van der Waals surface area contributed by atoms with E-state index in [-0.39, 0.29) is 6.61 Å². The number of benzene rings is 2. The van der Waals surface area contributed by atoms with Crippen LogP contribution < -0.4 is 0 Å². The Bertz CT molecular complexity index is 841. The van der Waals surface area contributed by atoms with Gasteiger partial charge in [-0.15, -0.1) is 23.5 Å². The van der Waals surface area contributed by atoms with Crippen LogP contribution in [0.25, 0.3) is 0 Å².